The van der Waals surface area contributed by atoms with E-state index in [4.69, 9.17) is 5.11 Å². The van der Waals surface area contributed by atoms with Gasteiger partial charge in [0.2, 0.25) is 5.91 Å². The molecule has 0 aliphatic heterocycles. The number of rotatable bonds is 4. The van der Waals surface area contributed by atoms with Gasteiger partial charge in [-0.2, -0.15) is 0 Å². The summed E-state index contributed by atoms with van der Waals surface area (Å²) in [7, 11) is 1.70. The summed E-state index contributed by atoms with van der Waals surface area (Å²) in [5, 5.41) is 9.10. The average Bonchev–Trinajstić information content (AvgIpc) is 3.18. The molecular weight excluding hydrogens is 233 g/mol. The van der Waals surface area contributed by atoms with Crippen molar-refractivity contribution in [3.05, 3.63) is 35.6 Å². The molecule has 1 fully saturated rings. The Morgan fingerprint density at radius 3 is 2.44 bits per heavy atom. The predicted octanol–water partition coefficient (Wildman–Crippen LogP) is 1.70. The number of likely N-dealkylation sites (N-methyl/N-ethyl adjacent to an activating group) is 1. The first-order valence-electron chi connectivity index (χ1n) is 6.15. The van der Waals surface area contributed by atoms with Gasteiger partial charge in [-0.25, -0.2) is 4.39 Å². The van der Waals surface area contributed by atoms with Gasteiger partial charge in [-0.05, 0) is 37.5 Å². The lowest BCUT2D eigenvalue weighted by Crippen LogP contribution is -2.43. The summed E-state index contributed by atoms with van der Waals surface area (Å²) in [6.45, 7) is 1.75. The van der Waals surface area contributed by atoms with E-state index in [1.165, 1.54) is 12.1 Å². The van der Waals surface area contributed by atoms with Crippen LogP contribution in [0.2, 0.25) is 0 Å². The van der Waals surface area contributed by atoms with Crippen molar-refractivity contribution < 1.29 is 14.3 Å². The van der Waals surface area contributed by atoms with E-state index in [0.717, 1.165) is 18.4 Å². The molecule has 1 saturated carbocycles. The van der Waals surface area contributed by atoms with Gasteiger partial charge in [-0.1, -0.05) is 12.1 Å². The van der Waals surface area contributed by atoms with Crippen molar-refractivity contribution in [2.75, 3.05) is 13.7 Å². The third kappa shape index (κ3) is 2.12. The van der Waals surface area contributed by atoms with Gasteiger partial charge < -0.3 is 10.0 Å². The molecule has 3 nitrogen and oxygen atoms in total. The van der Waals surface area contributed by atoms with Crippen LogP contribution in [0.25, 0.3) is 0 Å². The standard InChI is InChI=1S/C14H18FNO2/c1-10(9-17)16(2)13(18)14(7-8-14)11-3-5-12(15)6-4-11/h3-6,10,17H,7-9H2,1-2H3. The Hall–Kier alpha value is -1.42. The topological polar surface area (TPSA) is 40.5 Å². The van der Waals surface area contributed by atoms with Crippen molar-refractivity contribution in [2.45, 2.75) is 31.2 Å². The molecule has 0 heterocycles. The van der Waals surface area contributed by atoms with Gasteiger partial charge in [0, 0.05) is 7.05 Å². The minimum atomic E-state index is -0.494. The molecule has 1 amide bonds. The van der Waals surface area contributed by atoms with Crippen LogP contribution in [0.3, 0.4) is 0 Å². The normalized spacial score (nSPS) is 18.2. The quantitative estimate of drug-likeness (QED) is 0.884. The zero-order chi connectivity index (χ0) is 13.3. The molecule has 0 radical (unpaired) electrons. The average molecular weight is 251 g/mol. The summed E-state index contributed by atoms with van der Waals surface area (Å²) in [5.74, 6) is -0.283. The van der Waals surface area contributed by atoms with E-state index in [0.29, 0.717) is 0 Å². The maximum atomic E-state index is 12.9. The van der Waals surface area contributed by atoms with Crippen LogP contribution >= 0.6 is 0 Å². The molecule has 0 saturated heterocycles. The molecule has 1 atom stereocenters. The number of carbonyl (C=O) groups is 1. The zero-order valence-electron chi connectivity index (χ0n) is 10.7. The van der Waals surface area contributed by atoms with Crippen LogP contribution in [-0.4, -0.2) is 35.6 Å². The number of nitrogens with zero attached hydrogens (tertiary/aromatic N) is 1. The van der Waals surface area contributed by atoms with Crippen LogP contribution < -0.4 is 0 Å². The number of hydrogen-bond donors (Lipinski definition) is 1. The Kier molecular flexibility index (Phi) is 3.39. The van der Waals surface area contributed by atoms with E-state index >= 15 is 0 Å². The van der Waals surface area contributed by atoms with Gasteiger partial charge >= 0.3 is 0 Å². The van der Waals surface area contributed by atoms with Crippen LogP contribution in [0.5, 0.6) is 0 Å². The highest BCUT2D eigenvalue weighted by Crippen LogP contribution is 2.49. The van der Waals surface area contributed by atoms with Crippen LogP contribution in [0.4, 0.5) is 4.39 Å². The highest BCUT2D eigenvalue weighted by atomic mass is 19.1. The first-order valence-corrected chi connectivity index (χ1v) is 6.15. The number of amides is 1. The largest absolute Gasteiger partial charge is 0.394 e. The number of aliphatic hydroxyl groups is 1. The molecule has 1 N–H and O–H groups in total. The van der Waals surface area contributed by atoms with Crippen molar-refractivity contribution in [3.63, 3.8) is 0 Å². The van der Waals surface area contributed by atoms with Gasteiger partial charge in [-0.3, -0.25) is 4.79 Å². The molecule has 1 aromatic carbocycles. The number of hydrogen-bond acceptors (Lipinski definition) is 2. The third-order valence-corrected chi connectivity index (χ3v) is 3.80. The SMILES string of the molecule is CC(CO)N(C)C(=O)C1(c2ccc(F)cc2)CC1. The summed E-state index contributed by atoms with van der Waals surface area (Å²) in [6.07, 6.45) is 1.58. The molecule has 0 bridgehead atoms. The first kappa shape index (κ1) is 13.0. The molecule has 98 valence electrons. The Morgan fingerprint density at radius 2 is 2.00 bits per heavy atom. The van der Waals surface area contributed by atoms with E-state index in [1.54, 1.807) is 31.0 Å². The fraction of sp³-hybridized carbons (Fsp3) is 0.500. The predicted molar refractivity (Wildman–Crippen MR) is 66.6 cm³/mol. The minimum Gasteiger partial charge on any atom is -0.394 e. The molecule has 1 aliphatic rings. The Bertz CT molecular complexity index is 440. The number of halogens is 1. The summed E-state index contributed by atoms with van der Waals surface area (Å²) in [4.78, 5) is 14.0. The van der Waals surface area contributed by atoms with Gasteiger partial charge in [0.05, 0.1) is 18.1 Å². The molecule has 18 heavy (non-hydrogen) atoms. The van der Waals surface area contributed by atoms with Crippen LogP contribution in [0.1, 0.15) is 25.3 Å². The van der Waals surface area contributed by atoms with E-state index in [-0.39, 0.29) is 24.4 Å². The van der Waals surface area contributed by atoms with Gasteiger partial charge in [0.15, 0.2) is 0 Å². The molecule has 1 unspecified atom stereocenters. The number of carbonyl (C=O) groups excluding carboxylic acids is 1. The fourth-order valence-electron chi connectivity index (χ4n) is 2.18. The van der Waals surface area contributed by atoms with E-state index in [2.05, 4.69) is 0 Å². The second kappa shape index (κ2) is 4.69. The molecule has 0 aromatic heterocycles. The summed E-state index contributed by atoms with van der Waals surface area (Å²) >= 11 is 0. The van der Waals surface area contributed by atoms with Crippen molar-refractivity contribution >= 4 is 5.91 Å². The molecule has 2 rings (SSSR count). The van der Waals surface area contributed by atoms with E-state index < -0.39 is 5.41 Å². The molecular formula is C14H18FNO2. The van der Waals surface area contributed by atoms with Crippen LogP contribution in [-0.2, 0) is 10.2 Å². The molecule has 0 spiro atoms. The summed E-state index contributed by atoms with van der Waals surface area (Å²) in [6, 6.07) is 5.93. The zero-order valence-corrected chi connectivity index (χ0v) is 10.7. The van der Waals surface area contributed by atoms with E-state index in [1.807, 2.05) is 0 Å². The smallest absolute Gasteiger partial charge is 0.233 e. The third-order valence-electron chi connectivity index (χ3n) is 3.80. The summed E-state index contributed by atoms with van der Waals surface area (Å²) < 4.78 is 12.9. The minimum absolute atomic E-state index is 0.00987. The number of benzene rings is 1. The van der Waals surface area contributed by atoms with Crippen molar-refractivity contribution in [2.24, 2.45) is 0 Å². The lowest BCUT2D eigenvalue weighted by atomic mass is 9.94. The van der Waals surface area contributed by atoms with Gasteiger partial charge in [-0.15, -0.1) is 0 Å². The lowest BCUT2D eigenvalue weighted by molar-refractivity contribution is -0.135. The Morgan fingerprint density at radius 1 is 1.44 bits per heavy atom. The highest BCUT2D eigenvalue weighted by Gasteiger charge is 2.52. The first-order chi connectivity index (χ1) is 8.51. The van der Waals surface area contributed by atoms with Gasteiger partial charge in [0.25, 0.3) is 0 Å². The van der Waals surface area contributed by atoms with Crippen molar-refractivity contribution in [1.29, 1.82) is 0 Å². The van der Waals surface area contributed by atoms with Crippen molar-refractivity contribution in [3.8, 4) is 0 Å². The van der Waals surface area contributed by atoms with Crippen LogP contribution in [0.15, 0.2) is 24.3 Å². The lowest BCUT2D eigenvalue weighted by Gasteiger charge is -2.28. The van der Waals surface area contributed by atoms with Crippen LogP contribution in [0, 0.1) is 5.82 Å². The molecule has 1 aliphatic carbocycles. The molecule has 1 aromatic rings. The number of aliphatic hydroxyl groups excluding tert-OH is 1. The summed E-state index contributed by atoms with van der Waals surface area (Å²) in [5.41, 5.74) is 0.372. The van der Waals surface area contributed by atoms with Gasteiger partial charge in [0.1, 0.15) is 5.82 Å². The Balaban J connectivity index is 2.21. The maximum absolute atomic E-state index is 12.9. The monoisotopic (exact) mass is 251 g/mol. The second-order valence-electron chi connectivity index (χ2n) is 5.04. The fourth-order valence-corrected chi connectivity index (χ4v) is 2.18. The Labute approximate surface area is 106 Å². The van der Waals surface area contributed by atoms with Crippen molar-refractivity contribution in [1.82, 2.24) is 4.90 Å². The second-order valence-corrected chi connectivity index (χ2v) is 5.04. The maximum Gasteiger partial charge on any atom is 0.233 e. The highest BCUT2D eigenvalue weighted by molar-refractivity contribution is 5.91. The molecule has 4 heteroatoms. The van der Waals surface area contributed by atoms with E-state index in [9.17, 15) is 9.18 Å².